The van der Waals surface area contributed by atoms with Crippen LogP contribution in [0.25, 0.3) is 0 Å². The van der Waals surface area contributed by atoms with Crippen molar-refractivity contribution >= 4 is 12.0 Å². The van der Waals surface area contributed by atoms with Gasteiger partial charge in [0.1, 0.15) is 0 Å². The Morgan fingerprint density at radius 1 is 1.28 bits per heavy atom. The Hall–Kier alpha value is -1.30. The number of urea groups is 1. The molecule has 2 aliphatic carbocycles. The first-order chi connectivity index (χ1) is 8.58. The standard InChI is InChI=1S/C12H20N2O4/c15-10(11(16)17)5-6-13-12(18)14(9-3-4-9)7-8-1-2-8/h8-10,15H,1-7H2,(H,13,18)(H,16,17). The molecule has 0 aromatic heterocycles. The molecule has 0 bridgehead atoms. The molecule has 1 atom stereocenters. The molecule has 2 fully saturated rings. The molecule has 0 radical (unpaired) electrons. The minimum atomic E-state index is -1.40. The maximum Gasteiger partial charge on any atom is 0.332 e. The highest BCUT2D eigenvalue weighted by atomic mass is 16.4. The van der Waals surface area contributed by atoms with Crippen molar-refractivity contribution < 1.29 is 19.8 Å². The quantitative estimate of drug-likeness (QED) is 0.615. The Balaban J connectivity index is 1.69. The molecule has 6 nitrogen and oxygen atoms in total. The summed E-state index contributed by atoms with van der Waals surface area (Å²) in [5.74, 6) is -0.595. The van der Waals surface area contributed by atoms with E-state index in [1.807, 2.05) is 4.90 Å². The van der Waals surface area contributed by atoms with Gasteiger partial charge in [0, 0.05) is 25.6 Å². The van der Waals surface area contributed by atoms with Crippen LogP contribution in [0.1, 0.15) is 32.1 Å². The van der Waals surface area contributed by atoms with E-state index in [0.29, 0.717) is 12.0 Å². The molecule has 0 spiro atoms. The van der Waals surface area contributed by atoms with Crippen molar-refractivity contribution in [1.82, 2.24) is 10.2 Å². The molecule has 18 heavy (non-hydrogen) atoms. The van der Waals surface area contributed by atoms with Crippen LogP contribution in [0, 0.1) is 5.92 Å². The highest BCUT2D eigenvalue weighted by Crippen LogP contribution is 2.34. The van der Waals surface area contributed by atoms with Gasteiger partial charge in [-0.3, -0.25) is 0 Å². The lowest BCUT2D eigenvalue weighted by Crippen LogP contribution is -2.43. The monoisotopic (exact) mass is 256 g/mol. The molecule has 0 saturated heterocycles. The Kier molecular flexibility index (Phi) is 4.06. The van der Waals surface area contributed by atoms with Crippen molar-refractivity contribution in [3.63, 3.8) is 0 Å². The molecule has 1 unspecified atom stereocenters. The molecule has 6 heteroatoms. The number of nitrogens with zero attached hydrogens (tertiary/aromatic N) is 1. The van der Waals surface area contributed by atoms with Crippen LogP contribution in [0.15, 0.2) is 0 Å². The topological polar surface area (TPSA) is 89.9 Å². The van der Waals surface area contributed by atoms with E-state index < -0.39 is 12.1 Å². The van der Waals surface area contributed by atoms with Crippen LogP contribution in [0.3, 0.4) is 0 Å². The Morgan fingerprint density at radius 2 is 1.94 bits per heavy atom. The summed E-state index contributed by atoms with van der Waals surface area (Å²) in [5.41, 5.74) is 0. The molecule has 2 aliphatic rings. The Bertz CT molecular complexity index is 326. The summed E-state index contributed by atoms with van der Waals surface area (Å²) >= 11 is 0. The van der Waals surface area contributed by atoms with Crippen molar-refractivity contribution in [3.8, 4) is 0 Å². The van der Waals surface area contributed by atoms with Crippen molar-refractivity contribution in [2.45, 2.75) is 44.2 Å². The van der Waals surface area contributed by atoms with Crippen LogP contribution in [-0.4, -0.2) is 52.3 Å². The van der Waals surface area contributed by atoms with E-state index in [4.69, 9.17) is 10.2 Å². The first-order valence-electron chi connectivity index (χ1n) is 6.53. The van der Waals surface area contributed by atoms with Crippen LogP contribution < -0.4 is 5.32 Å². The van der Waals surface area contributed by atoms with Crippen molar-refractivity contribution in [1.29, 1.82) is 0 Å². The molecule has 3 N–H and O–H groups in total. The Morgan fingerprint density at radius 3 is 2.44 bits per heavy atom. The van der Waals surface area contributed by atoms with E-state index >= 15 is 0 Å². The maximum absolute atomic E-state index is 11.9. The summed E-state index contributed by atoms with van der Waals surface area (Å²) in [6, 6.07) is 0.247. The first kappa shape index (κ1) is 13.1. The molecular formula is C12H20N2O4. The van der Waals surface area contributed by atoms with E-state index in [9.17, 15) is 9.59 Å². The number of aliphatic hydroxyl groups excluding tert-OH is 1. The van der Waals surface area contributed by atoms with Gasteiger partial charge in [-0.25, -0.2) is 9.59 Å². The summed E-state index contributed by atoms with van der Waals surface area (Å²) in [7, 11) is 0. The predicted molar refractivity (Wildman–Crippen MR) is 64.1 cm³/mol. The SMILES string of the molecule is O=C(O)C(O)CCNC(=O)N(CC1CC1)C1CC1. The first-order valence-corrected chi connectivity index (χ1v) is 6.53. The molecule has 0 heterocycles. The zero-order chi connectivity index (χ0) is 13.1. The van der Waals surface area contributed by atoms with Gasteiger partial charge in [-0.1, -0.05) is 0 Å². The number of aliphatic hydroxyl groups is 1. The second-order valence-electron chi connectivity index (χ2n) is 5.20. The van der Waals surface area contributed by atoms with Gasteiger partial charge in [-0.2, -0.15) is 0 Å². The minimum absolute atomic E-state index is 0.0447. The number of hydrogen-bond donors (Lipinski definition) is 3. The van der Waals surface area contributed by atoms with E-state index in [1.165, 1.54) is 12.8 Å². The number of nitrogens with one attached hydrogen (secondary N) is 1. The largest absolute Gasteiger partial charge is 0.479 e. The van der Waals surface area contributed by atoms with Gasteiger partial charge in [0.25, 0.3) is 0 Å². The van der Waals surface area contributed by atoms with Crippen molar-refractivity contribution in [2.75, 3.05) is 13.1 Å². The van der Waals surface area contributed by atoms with Crippen molar-refractivity contribution in [2.24, 2.45) is 5.92 Å². The number of carboxylic acid groups (broad SMARTS) is 1. The highest BCUT2D eigenvalue weighted by Gasteiger charge is 2.36. The van der Waals surface area contributed by atoms with Gasteiger partial charge in [-0.15, -0.1) is 0 Å². The number of carboxylic acids is 1. The van der Waals surface area contributed by atoms with E-state index in [0.717, 1.165) is 19.4 Å². The van der Waals surface area contributed by atoms with Crippen LogP contribution in [0.4, 0.5) is 4.79 Å². The number of carbonyl (C=O) groups is 2. The second kappa shape index (κ2) is 5.56. The summed E-state index contributed by atoms with van der Waals surface area (Å²) in [4.78, 5) is 24.2. The fourth-order valence-electron chi connectivity index (χ4n) is 1.90. The number of aliphatic carboxylic acids is 1. The maximum atomic E-state index is 11.9. The summed E-state index contributed by atoms with van der Waals surface area (Å²) in [5, 5.41) is 20.3. The second-order valence-corrected chi connectivity index (χ2v) is 5.20. The molecule has 0 aliphatic heterocycles. The van der Waals surface area contributed by atoms with Gasteiger partial charge in [0.05, 0.1) is 0 Å². The molecule has 102 valence electrons. The summed E-state index contributed by atoms with van der Waals surface area (Å²) < 4.78 is 0. The molecule has 2 saturated carbocycles. The van der Waals surface area contributed by atoms with Crippen LogP contribution >= 0.6 is 0 Å². The van der Waals surface area contributed by atoms with E-state index in [2.05, 4.69) is 5.32 Å². The predicted octanol–water partition coefficient (Wildman–Crippen LogP) is 0.406. The zero-order valence-corrected chi connectivity index (χ0v) is 10.3. The number of amides is 2. The lowest BCUT2D eigenvalue weighted by atomic mass is 10.2. The summed E-state index contributed by atoms with van der Waals surface area (Å²) in [6.07, 6.45) is 3.18. The third-order valence-corrected chi connectivity index (χ3v) is 3.38. The van der Waals surface area contributed by atoms with Gasteiger partial charge in [-0.05, 0) is 31.6 Å². The third-order valence-electron chi connectivity index (χ3n) is 3.38. The van der Waals surface area contributed by atoms with Gasteiger partial charge in [0.15, 0.2) is 6.10 Å². The van der Waals surface area contributed by atoms with Crippen LogP contribution in [0.5, 0.6) is 0 Å². The number of rotatable bonds is 7. The zero-order valence-electron chi connectivity index (χ0n) is 10.3. The smallest absolute Gasteiger partial charge is 0.332 e. The fraction of sp³-hybridized carbons (Fsp3) is 0.833. The molecular weight excluding hydrogens is 236 g/mol. The molecule has 2 amide bonds. The van der Waals surface area contributed by atoms with Gasteiger partial charge < -0.3 is 20.4 Å². The van der Waals surface area contributed by atoms with Crippen LogP contribution in [-0.2, 0) is 4.79 Å². The molecule has 0 aromatic rings. The average Bonchev–Trinajstić information content (AvgIpc) is 3.16. The van der Waals surface area contributed by atoms with Crippen molar-refractivity contribution in [3.05, 3.63) is 0 Å². The van der Waals surface area contributed by atoms with E-state index in [1.54, 1.807) is 0 Å². The van der Waals surface area contributed by atoms with Gasteiger partial charge in [0.2, 0.25) is 0 Å². The highest BCUT2D eigenvalue weighted by molar-refractivity contribution is 5.75. The number of hydrogen-bond acceptors (Lipinski definition) is 3. The normalized spacial score (nSPS) is 20.3. The van der Waals surface area contributed by atoms with Crippen LogP contribution in [0.2, 0.25) is 0 Å². The molecule has 0 aromatic carbocycles. The Labute approximate surface area is 106 Å². The lowest BCUT2D eigenvalue weighted by molar-refractivity contribution is -0.146. The third kappa shape index (κ3) is 3.87. The summed E-state index contributed by atoms with van der Waals surface area (Å²) in [6.45, 7) is 1.01. The number of carbonyl (C=O) groups excluding carboxylic acids is 1. The fourth-order valence-corrected chi connectivity index (χ4v) is 1.90. The van der Waals surface area contributed by atoms with E-state index in [-0.39, 0.29) is 19.0 Å². The minimum Gasteiger partial charge on any atom is -0.479 e. The lowest BCUT2D eigenvalue weighted by Gasteiger charge is -2.22. The molecule has 2 rings (SSSR count). The van der Waals surface area contributed by atoms with Gasteiger partial charge >= 0.3 is 12.0 Å². The average molecular weight is 256 g/mol.